The fraction of sp³-hybridized carbons (Fsp3) is 0.171. The fourth-order valence-corrected chi connectivity index (χ4v) is 7.46. The molecule has 0 spiro atoms. The molecule has 0 radical (unpaired) electrons. The van der Waals surface area contributed by atoms with Gasteiger partial charge in [-0.25, -0.2) is 9.37 Å². The van der Waals surface area contributed by atoms with E-state index in [4.69, 9.17) is 0 Å². The molecule has 1 saturated heterocycles. The van der Waals surface area contributed by atoms with Crippen LogP contribution in [0.25, 0.3) is 17.1 Å². The largest absolute Gasteiger partial charge is 0.335 e. The molecule has 1 fully saturated rings. The monoisotopic (exact) mass is 647 g/mol. The number of aromatic nitrogens is 5. The number of thioether (sulfide) groups is 1. The third-order valence-corrected chi connectivity index (χ3v) is 9.91. The Morgan fingerprint density at radius 3 is 2.22 bits per heavy atom. The summed E-state index contributed by atoms with van der Waals surface area (Å²) in [5.41, 5.74) is 4.02. The second kappa shape index (κ2) is 13.7. The molecule has 11 heteroatoms. The minimum Gasteiger partial charge on any atom is -0.335 e. The van der Waals surface area contributed by atoms with Gasteiger partial charge in [0.2, 0.25) is 0 Å². The van der Waals surface area contributed by atoms with Crippen LogP contribution < -0.4 is 0 Å². The number of carbonyl (C=O) groups is 1. The molecular formula is C35H30FN7OS2. The van der Waals surface area contributed by atoms with Gasteiger partial charge in [0.1, 0.15) is 16.5 Å². The Bertz CT molecular complexity index is 1870. The molecule has 46 heavy (non-hydrogen) atoms. The van der Waals surface area contributed by atoms with Crippen molar-refractivity contribution in [2.24, 2.45) is 0 Å². The summed E-state index contributed by atoms with van der Waals surface area (Å²) < 4.78 is 16.6. The maximum absolute atomic E-state index is 14.9. The number of nitrogens with zero attached hydrogens (tertiary/aromatic N) is 7. The molecule has 8 nitrogen and oxygen atoms in total. The normalized spacial score (nSPS) is 13.7. The van der Waals surface area contributed by atoms with Gasteiger partial charge in [0.15, 0.2) is 11.0 Å². The lowest BCUT2D eigenvalue weighted by atomic mass is 9.96. The fourth-order valence-electron chi connectivity index (χ4n) is 5.73. The minimum atomic E-state index is -0.379. The van der Waals surface area contributed by atoms with Gasteiger partial charge >= 0.3 is 0 Å². The van der Waals surface area contributed by atoms with E-state index in [1.807, 2.05) is 28.5 Å². The van der Waals surface area contributed by atoms with Crippen LogP contribution in [0.3, 0.4) is 0 Å². The van der Waals surface area contributed by atoms with Gasteiger partial charge in [-0.15, -0.1) is 21.5 Å². The Morgan fingerprint density at radius 2 is 1.54 bits per heavy atom. The molecule has 7 rings (SSSR count). The van der Waals surface area contributed by atoms with Gasteiger partial charge in [0.25, 0.3) is 5.91 Å². The number of piperazine rings is 1. The first-order valence-corrected chi connectivity index (χ1v) is 16.8. The van der Waals surface area contributed by atoms with Crippen molar-refractivity contribution in [2.45, 2.75) is 17.0 Å². The van der Waals surface area contributed by atoms with Crippen molar-refractivity contribution >= 4 is 29.0 Å². The molecule has 3 aromatic carbocycles. The summed E-state index contributed by atoms with van der Waals surface area (Å²) in [6.45, 7) is 2.77. The topological polar surface area (TPSA) is 80.0 Å². The second-order valence-electron chi connectivity index (χ2n) is 10.8. The van der Waals surface area contributed by atoms with Gasteiger partial charge in [0, 0.05) is 49.5 Å². The molecule has 0 unspecified atom stereocenters. The highest BCUT2D eigenvalue weighted by atomic mass is 32.2. The summed E-state index contributed by atoms with van der Waals surface area (Å²) in [4.78, 5) is 26.7. The molecule has 1 amide bonds. The number of halogens is 1. The Morgan fingerprint density at radius 1 is 0.848 bits per heavy atom. The lowest BCUT2D eigenvalue weighted by molar-refractivity contribution is 0.0592. The van der Waals surface area contributed by atoms with E-state index in [0.717, 1.165) is 23.7 Å². The maximum atomic E-state index is 14.9. The molecule has 0 N–H and O–H groups in total. The molecule has 4 heterocycles. The van der Waals surface area contributed by atoms with Crippen molar-refractivity contribution in [3.8, 4) is 17.1 Å². The van der Waals surface area contributed by atoms with Crippen molar-refractivity contribution in [2.75, 3.05) is 26.2 Å². The zero-order valence-electron chi connectivity index (χ0n) is 24.8. The minimum absolute atomic E-state index is 0.0588. The van der Waals surface area contributed by atoms with E-state index < -0.39 is 0 Å². The molecule has 0 bridgehead atoms. The number of benzene rings is 3. The zero-order chi connectivity index (χ0) is 31.3. The standard InChI is InChI=1S/C35H30FN7OS2/c36-28-15-7-8-16-30(28)43-33(27-14-9-17-37-22-27)39-40-35(43)46-24-31-38-29(23-45-31)34(44)42-20-18-41(19-21-42)32(25-10-3-1-4-11-25)26-12-5-2-6-13-26/h1-17,22-23,32H,18-21,24H2. The van der Waals surface area contributed by atoms with E-state index in [1.165, 1.54) is 40.3 Å². The van der Waals surface area contributed by atoms with Crippen molar-refractivity contribution in [3.63, 3.8) is 0 Å². The summed E-state index contributed by atoms with van der Waals surface area (Å²) in [6, 6.07) is 31.4. The van der Waals surface area contributed by atoms with E-state index in [-0.39, 0.29) is 17.8 Å². The van der Waals surface area contributed by atoms with Gasteiger partial charge in [-0.1, -0.05) is 84.6 Å². The van der Waals surface area contributed by atoms with E-state index in [1.54, 1.807) is 41.2 Å². The highest BCUT2D eigenvalue weighted by Crippen LogP contribution is 2.32. The summed E-state index contributed by atoms with van der Waals surface area (Å²) in [6.07, 6.45) is 3.36. The maximum Gasteiger partial charge on any atom is 0.273 e. The first-order valence-electron chi connectivity index (χ1n) is 15.0. The van der Waals surface area contributed by atoms with Crippen LogP contribution in [0, 0.1) is 5.82 Å². The molecule has 6 aromatic rings. The lowest BCUT2D eigenvalue weighted by Crippen LogP contribution is -2.50. The number of hydrogen-bond acceptors (Lipinski definition) is 8. The van der Waals surface area contributed by atoms with Gasteiger partial charge in [0.05, 0.1) is 17.5 Å². The first kappa shape index (κ1) is 30.0. The van der Waals surface area contributed by atoms with Crippen molar-refractivity contribution < 1.29 is 9.18 Å². The molecule has 1 aliphatic heterocycles. The van der Waals surface area contributed by atoms with Crippen LogP contribution in [0.2, 0.25) is 0 Å². The average molecular weight is 648 g/mol. The third-order valence-electron chi connectivity index (χ3n) is 7.94. The molecular weight excluding hydrogens is 618 g/mol. The van der Waals surface area contributed by atoms with Crippen LogP contribution in [-0.4, -0.2) is 66.6 Å². The Kier molecular flexibility index (Phi) is 8.95. The van der Waals surface area contributed by atoms with Gasteiger partial charge in [-0.3, -0.25) is 19.2 Å². The van der Waals surface area contributed by atoms with Crippen LogP contribution >= 0.6 is 23.1 Å². The van der Waals surface area contributed by atoms with Crippen LogP contribution in [0.15, 0.2) is 120 Å². The summed E-state index contributed by atoms with van der Waals surface area (Å²) in [7, 11) is 0. The summed E-state index contributed by atoms with van der Waals surface area (Å²) in [5, 5.41) is 11.9. The van der Waals surface area contributed by atoms with Gasteiger partial charge in [-0.2, -0.15) is 0 Å². The molecule has 230 valence electrons. The van der Waals surface area contributed by atoms with E-state index in [2.05, 4.69) is 73.6 Å². The SMILES string of the molecule is O=C(c1csc(CSc2nnc(-c3cccnc3)n2-c2ccccc2F)n1)N1CCN(C(c2ccccc2)c2ccccc2)CC1. The number of para-hydroxylation sites is 1. The van der Waals surface area contributed by atoms with E-state index in [9.17, 15) is 9.18 Å². The molecule has 0 atom stereocenters. The number of amides is 1. The van der Waals surface area contributed by atoms with Crippen LogP contribution in [0.5, 0.6) is 0 Å². The summed E-state index contributed by atoms with van der Waals surface area (Å²) in [5.74, 6) is 0.518. The molecule has 0 aliphatic carbocycles. The van der Waals surface area contributed by atoms with Crippen molar-refractivity contribution in [1.82, 2.24) is 34.5 Å². The van der Waals surface area contributed by atoms with Gasteiger partial charge in [-0.05, 0) is 35.4 Å². The van der Waals surface area contributed by atoms with Gasteiger partial charge < -0.3 is 4.90 Å². The lowest BCUT2D eigenvalue weighted by Gasteiger charge is -2.39. The highest BCUT2D eigenvalue weighted by Gasteiger charge is 2.29. The number of hydrogen-bond donors (Lipinski definition) is 0. The Labute approximate surface area is 274 Å². The van der Waals surface area contributed by atoms with Crippen LogP contribution in [0.1, 0.15) is 32.7 Å². The molecule has 0 saturated carbocycles. The molecule has 3 aromatic heterocycles. The predicted molar refractivity (Wildman–Crippen MR) is 178 cm³/mol. The number of thiazole rings is 1. The van der Waals surface area contributed by atoms with E-state index in [0.29, 0.717) is 41.2 Å². The number of rotatable bonds is 9. The smallest absolute Gasteiger partial charge is 0.273 e. The van der Waals surface area contributed by atoms with Crippen molar-refractivity contribution in [1.29, 1.82) is 0 Å². The summed E-state index contributed by atoms with van der Waals surface area (Å²) >= 11 is 2.84. The third kappa shape index (κ3) is 6.34. The quantitative estimate of drug-likeness (QED) is 0.160. The first-order chi connectivity index (χ1) is 22.7. The molecule has 1 aliphatic rings. The number of carbonyl (C=O) groups excluding carboxylic acids is 1. The Hall–Kier alpha value is -4.71. The van der Waals surface area contributed by atoms with Crippen molar-refractivity contribution in [3.05, 3.63) is 142 Å². The highest BCUT2D eigenvalue weighted by molar-refractivity contribution is 7.98. The average Bonchev–Trinajstić information content (AvgIpc) is 3.77. The number of pyridine rings is 1. The van der Waals surface area contributed by atoms with E-state index >= 15 is 0 Å². The predicted octanol–water partition coefficient (Wildman–Crippen LogP) is 6.76. The zero-order valence-corrected chi connectivity index (χ0v) is 26.4. The van der Waals surface area contributed by atoms with Crippen LogP contribution in [0.4, 0.5) is 4.39 Å². The van der Waals surface area contributed by atoms with Crippen LogP contribution in [-0.2, 0) is 5.75 Å². The second-order valence-corrected chi connectivity index (χ2v) is 12.7. The Balaban J connectivity index is 1.03.